The number of nitrogens with zero attached hydrogens (tertiary/aromatic N) is 2. The summed E-state index contributed by atoms with van der Waals surface area (Å²) >= 11 is 0. The fraction of sp³-hybridized carbons (Fsp3) is 0.714. The first-order valence-corrected chi connectivity index (χ1v) is 6.89. The summed E-state index contributed by atoms with van der Waals surface area (Å²) in [7, 11) is 1.65. The van der Waals surface area contributed by atoms with Gasteiger partial charge in [0.25, 0.3) is 0 Å². The second kappa shape index (κ2) is 7.28. The van der Waals surface area contributed by atoms with Crippen molar-refractivity contribution >= 4 is 11.6 Å². The molecule has 0 radical (unpaired) electrons. The van der Waals surface area contributed by atoms with E-state index in [1.807, 2.05) is 13.0 Å². The van der Waals surface area contributed by atoms with Crippen LogP contribution in [0.15, 0.2) is 6.07 Å². The SMILES string of the molecule is CCCC(C)(C)Nc1cc(NCC)nc(COC)n1. The van der Waals surface area contributed by atoms with Crippen molar-refractivity contribution in [1.82, 2.24) is 9.97 Å². The van der Waals surface area contributed by atoms with Crippen molar-refractivity contribution in [1.29, 1.82) is 0 Å². The second-order valence-electron chi connectivity index (χ2n) is 5.28. The highest BCUT2D eigenvalue weighted by Gasteiger charge is 2.17. The van der Waals surface area contributed by atoms with Crippen LogP contribution in [0.3, 0.4) is 0 Å². The van der Waals surface area contributed by atoms with Crippen molar-refractivity contribution in [2.45, 2.75) is 52.7 Å². The van der Waals surface area contributed by atoms with Gasteiger partial charge >= 0.3 is 0 Å². The van der Waals surface area contributed by atoms with E-state index in [2.05, 4.69) is 41.4 Å². The number of nitrogens with one attached hydrogen (secondary N) is 2. The lowest BCUT2D eigenvalue weighted by Gasteiger charge is -2.26. The quantitative estimate of drug-likeness (QED) is 0.757. The maximum absolute atomic E-state index is 5.11. The van der Waals surface area contributed by atoms with Gasteiger partial charge in [-0.05, 0) is 27.2 Å². The Morgan fingerprint density at radius 3 is 2.47 bits per heavy atom. The zero-order chi connectivity index (χ0) is 14.3. The Hall–Kier alpha value is -1.36. The summed E-state index contributed by atoms with van der Waals surface area (Å²) < 4.78 is 5.11. The average molecular weight is 266 g/mol. The Kier molecular flexibility index (Phi) is 6.02. The lowest BCUT2D eigenvalue weighted by atomic mass is 9.99. The van der Waals surface area contributed by atoms with Crippen LogP contribution in [0.4, 0.5) is 11.6 Å². The van der Waals surface area contributed by atoms with E-state index in [4.69, 9.17) is 4.74 Å². The van der Waals surface area contributed by atoms with Crippen molar-refractivity contribution in [2.75, 3.05) is 24.3 Å². The molecule has 1 rings (SSSR count). The molecule has 0 aliphatic heterocycles. The number of aromatic nitrogens is 2. The molecule has 1 aromatic heterocycles. The first-order chi connectivity index (χ1) is 9.00. The summed E-state index contributed by atoms with van der Waals surface area (Å²) in [6, 6.07) is 1.94. The molecule has 19 heavy (non-hydrogen) atoms. The molecule has 0 spiro atoms. The van der Waals surface area contributed by atoms with Crippen molar-refractivity contribution in [3.63, 3.8) is 0 Å². The lowest BCUT2D eigenvalue weighted by molar-refractivity contribution is 0.178. The summed E-state index contributed by atoms with van der Waals surface area (Å²) in [5.41, 5.74) is 0.0247. The molecule has 0 amide bonds. The molecule has 0 saturated heterocycles. The predicted molar refractivity (Wildman–Crippen MR) is 79.5 cm³/mol. The smallest absolute Gasteiger partial charge is 0.158 e. The second-order valence-corrected chi connectivity index (χ2v) is 5.28. The molecule has 1 heterocycles. The zero-order valence-corrected chi connectivity index (χ0v) is 12.7. The van der Waals surface area contributed by atoms with Crippen LogP contribution in [0.5, 0.6) is 0 Å². The third kappa shape index (κ3) is 5.42. The van der Waals surface area contributed by atoms with Crippen LogP contribution in [0, 0.1) is 0 Å². The zero-order valence-electron chi connectivity index (χ0n) is 12.7. The van der Waals surface area contributed by atoms with Crippen LogP contribution in [0.25, 0.3) is 0 Å². The molecule has 0 atom stereocenters. The Morgan fingerprint density at radius 1 is 1.21 bits per heavy atom. The highest BCUT2D eigenvalue weighted by Crippen LogP contribution is 2.20. The van der Waals surface area contributed by atoms with Gasteiger partial charge in [0.2, 0.25) is 0 Å². The monoisotopic (exact) mass is 266 g/mol. The number of hydrogen-bond acceptors (Lipinski definition) is 5. The largest absolute Gasteiger partial charge is 0.377 e. The van der Waals surface area contributed by atoms with Gasteiger partial charge in [-0.25, -0.2) is 9.97 Å². The summed E-state index contributed by atoms with van der Waals surface area (Å²) in [4.78, 5) is 8.89. The van der Waals surface area contributed by atoms with Gasteiger partial charge in [0.05, 0.1) is 0 Å². The fourth-order valence-electron chi connectivity index (χ4n) is 2.06. The van der Waals surface area contributed by atoms with E-state index in [1.165, 1.54) is 0 Å². The van der Waals surface area contributed by atoms with Crippen LogP contribution >= 0.6 is 0 Å². The number of hydrogen-bond donors (Lipinski definition) is 2. The van der Waals surface area contributed by atoms with Crippen LogP contribution in [0.1, 0.15) is 46.4 Å². The Morgan fingerprint density at radius 2 is 1.89 bits per heavy atom. The predicted octanol–water partition coefficient (Wildman–Crippen LogP) is 3.05. The molecule has 0 bridgehead atoms. The van der Waals surface area contributed by atoms with E-state index in [1.54, 1.807) is 7.11 Å². The molecule has 5 nitrogen and oxygen atoms in total. The minimum atomic E-state index is 0.0247. The Balaban J connectivity index is 2.91. The van der Waals surface area contributed by atoms with E-state index >= 15 is 0 Å². The number of methoxy groups -OCH3 is 1. The molecule has 1 aromatic rings. The fourth-order valence-corrected chi connectivity index (χ4v) is 2.06. The third-order valence-electron chi connectivity index (χ3n) is 2.75. The normalized spacial score (nSPS) is 11.4. The first-order valence-electron chi connectivity index (χ1n) is 6.89. The summed E-state index contributed by atoms with van der Waals surface area (Å²) in [5.74, 6) is 2.37. The van der Waals surface area contributed by atoms with Crippen molar-refractivity contribution in [3.8, 4) is 0 Å². The Labute approximate surface area is 116 Å². The van der Waals surface area contributed by atoms with Gasteiger partial charge < -0.3 is 15.4 Å². The van der Waals surface area contributed by atoms with Crippen LogP contribution in [-0.4, -0.2) is 29.2 Å². The highest BCUT2D eigenvalue weighted by atomic mass is 16.5. The standard InChI is InChI=1S/C14H26N4O/c1-6-8-14(3,4)18-12-9-11(15-7-2)16-13(17-12)10-19-5/h9H,6-8,10H2,1-5H3,(H2,15,16,17,18). The van der Waals surface area contributed by atoms with Gasteiger partial charge in [0.1, 0.15) is 18.2 Å². The molecule has 0 saturated carbocycles. The van der Waals surface area contributed by atoms with Crippen molar-refractivity contribution in [3.05, 3.63) is 11.9 Å². The molecular weight excluding hydrogens is 240 g/mol. The molecule has 0 unspecified atom stereocenters. The highest BCUT2D eigenvalue weighted by molar-refractivity contribution is 5.48. The molecule has 0 fully saturated rings. The van der Waals surface area contributed by atoms with Gasteiger partial charge in [0.15, 0.2) is 5.82 Å². The van der Waals surface area contributed by atoms with E-state index in [0.717, 1.165) is 31.0 Å². The third-order valence-corrected chi connectivity index (χ3v) is 2.75. The van der Waals surface area contributed by atoms with Gasteiger partial charge in [-0.3, -0.25) is 0 Å². The van der Waals surface area contributed by atoms with Gasteiger partial charge in [-0.15, -0.1) is 0 Å². The number of rotatable bonds is 8. The van der Waals surface area contributed by atoms with E-state index in [-0.39, 0.29) is 5.54 Å². The molecular formula is C14H26N4O. The van der Waals surface area contributed by atoms with Crippen LogP contribution in [0.2, 0.25) is 0 Å². The van der Waals surface area contributed by atoms with E-state index in [0.29, 0.717) is 12.4 Å². The van der Waals surface area contributed by atoms with Crippen LogP contribution in [-0.2, 0) is 11.3 Å². The van der Waals surface area contributed by atoms with Gasteiger partial charge in [0, 0.05) is 25.3 Å². The number of anilines is 2. The van der Waals surface area contributed by atoms with E-state index < -0.39 is 0 Å². The summed E-state index contributed by atoms with van der Waals surface area (Å²) in [6.45, 7) is 9.85. The topological polar surface area (TPSA) is 59.1 Å². The maximum Gasteiger partial charge on any atom is 0.158 e. The first kappa shape index (κ1) is 15.7. The molecule has 0 aliphatic rings. The minimum Gasteiger partial charge on any atom is -0.377 e. The van der Waals surface area contributed by atoms with Crippen molar-refractivity contribution < 1.29 is 4.74 Å². The van der Waals surface area contributed by atoms with Crippen molar-refractivity contribution in [2.24, 2.45) is 0 Å². The maximum atomic E-state index is 5.11. The summed E-state index contributed by atoms with van der Waals surface area (Å²) in [5, 5.41) is 6.69. The average Bonchev–Trinajstić information content (AvgIpc) is 2.28. The minimum absolute atomic E-state index is 0.0247. The van der Waals surface area contributed by atoms with Gasteiger partial charge in [-0.1, -0.05) is 13.3 Å². The van der Waals surface area contributed by atoms with E-state index in [9.17, 15) is 0 Å². The number of ether oxygens (including phenoxy) is 1. The summed E-state index contributed by atoms with van der Waals surface area (Å²) in [6.07, 6.45) is 2.23. The van der Waals surface area contributed by atoms with Gasteiger partial charge in [-0.2, -0.15) is 0 Å². The molecule has 108 valence electrons. The molecule has 0 aliphatic carbocycles. The molecule has 5 heteroatoms. The van der Waals surface area contributed by atoms with Crippen LogP contribution < -0.4 is 10.6 Å². The Bertz CT molecular complexity index is 369. The lowest BCUT2D eigenvalue weighted by Crippen LogP contribution is -2.31. The molecule has 2 N–H and O–H groups in total. The molecule has 0 aromatic carbocycles.